The summed E-state index contributed by atoms with van der Waals surface area (Å²) in [5, 5.41) is 106. The molecule has 0 radical (unpaired) electrons. The van der Waals surface area contributed by atoms with Crippen molar-refractivity contribution in [2.45, 2.75) is 156 Å². The van der Waals surface area contributed by atoms with Crippen LogP contribution in [-0.2, 0) is 11.8 Å². The minimum Gasteiger partial charge on any atom is -0.507 e. The van der Waals surface area contributed by atoms with Crippen molar-refractivity contribution in [2.24, 2.45) is 0 Å². The summed E-state index contributed by atoms with van der Waals surface area (Å²) in [7, 11) is 0. The molecular formula is C83H88O9. The number of aromatic hydroxyl groups is 9. The third-order valence-corrected chi connectivity index (χ3v) is 21.1. The molecule has 0 saturated heterocycles. The highest BCUT2D eigenvalue weighted by atomic mass is 16.3. The first-order chi connectivity index (χ1) is 43.1. The van der Waals surface area contributed by atoms with Crippen LogP contribution in [0.15, 0.2) is 97.1 Å². The van der Waals surface area contributed by atoms with Crippen LogP contribution >= 0.6 is 0 Å². The molecule has 0 spiro atoms. The van der Waals surface area contributed by atoms with Gasteiger partial charge in [-0.25, -0.2) is 0 Å². The molecule has 1 unspecified atom stereocenters. The van der Waals surface area contributed by atoms with Gasteiger partial charge in [-0.3, -0.25) is 0 Å². The minimum absolute atomic E-state index is 0.0503. The van der Waals surface area contributed by atoms with Crippen molar-refractivity contribution in [3.63, 3.8) is 0 Å². The van der Waals surface area contributed by atoms with Crippen LogP contribution in [0.5, 0.6) is 51.7 Å². The number of hydrogen-bond acceptors (Lipinski definition) is 9. The Morgan fingerprint density at radius 2 is 0.467 bits per heavy atom. The molecule has 474 valence electrons. The molecular weight excluding hydrogens is 1140 g/mol. The van der Waals surface area contributed by atoms with Crippen molar-refractivity contribution < 1.29 is 46.0 Å². The monoisotopic (exact) mass is 1230 g/mol. The maximum Gasteiger partial charge on any atom is 0.131 e. The Kier molecular flexibility index (Phi) is 17.0. The number of phenols is 9. The van der Waals surface area contributed by atoms with Crippen LogP contribution < -0.4 is 0 Å². The van der Waals surface area contributed by atoms with Gasteiger partial charge in [0, 0.05) is 44.7 Å². The molecule has 10 aromatic carbocycles. The maximum absolute atomic E-state index is 13.0. The second-order valence-electron chi connectivity index (χ2n) is 27.0. The van der Waals surface area contributed by atoms with Gasteiger partial charge < -0.3 is 46.0 Å². The SMILES string of the molecule is Cc1cc(-c2cc(CC(c3ccc(C(C)(C)c4cc(-c5cc(C)c(O)c(C)c5C)c(O)c(-c5cc(C)c(O)c(C)c5C)c4)cc3)c3cc(-c4cc(C)c(O)c(C)c4C)c(O)c(-c4cc(C)c(O)c(C)c4C)c3)cc(-c3cc(C)c(O)c(C)c3C)c2O)c(C)c(C)c1O. The molecule has 10 rings (SSSR count). The predicted octanol–water partition coefficient (Wildman–Crippen LogP) is 20.3. The highest BCUT2D eigenvalue weighted by Gasteiger charge is 2.32. The zero-order valence-electron chi connectivity index (χ0n) is 57.0. The van der Waals surface area contributed by atoms with E-state index in [4.69, 9.17) is 0 Å². The molecule has 10 aromatic rings. The molecule has 9 N–H and O–H groups in total. The van der Waals surface area contributed by atoms with Crippen molar-refractivity contribution in [2.75, 3.05) is 0 Å². The third kappa shape index (κ3) is 10.8. The lowest BCUT2D eigenvalue weighted by atomic mass is 9.74. The summed E-state index contributed by atoms with van der Waals surface area (Å²) >= 11 is 0. The van der Waals surface area contributed by atoms with E-state index < -0.39 is 11.3 Å². The summed E-state index contributed by atoms with van der Waals surface area (Å²) in [5.41, 5.74) is 25.2. The van der Waals surface area contributed by atoms with E-state index in [1.807, 2.05) is 173 Å². The molecule has 0 heterocycles. The van der Waals surface area contributed by atoms with E-state index in [2.05, 4.69) is 62.4 Å². The fourth-order valence-corrected chi connectivity index (χ4v) is 13.9. The van der Waals surface area contributed by atoms with Crippen molar-refractivity contribution in [3.8, 4) is 119 Å². The first-order valence-corrected chi connectivity index (χ1v) is 31.6. The largest absolute Gasteiger partial charge is 0.507 e. The Balaban J connectivity index is 1.27. The van der Waals surface area contributed by atoms with Gasteiger partial charge in [0.25, 0.3) is 0 Å². The quantitative estimate of drug-likeness (QED) is 0.0575. The molecule has 0 amide bonds. The van der Waals surface area contributed by atoms with Crippen molar-refractivity contribution in [1.82, 2.24) is 0 Å². The normalized spacial score (nSPS) is 12.1. The van der Waals surface area contributed by atoms with Gasteiger partial charge in [-0.15, -0.1) is 0 Å². The fourth-order valence-electron chi connectivity index (χ4n) is 13.9. The summed E-state index contributed by atoms with van der Waals surface area (Å²) in [4.78, 5) is 0. The van der Waals surface area contributed by atoms with Gasteiger partial charge >= 0.3 is 0 Å². The van der Waals surface area contributed by atoms with Gasteiger partial charge in [-0.1, -0.05) is 38.1 Å². The fraction of sp³-hybridized carbons (Fsp3) is 0.277. The number of rotatable bonds is 12. The van der Waals surface area contributed by atoms with Crippen molar-refractivity contribution in [1.29, 1.82) is 0 Å². The molecule has 92 heavy (non-hydrogen) atoms. The summed E-state index contributed by atoms with van der Waals surface area (Å²) in [5.74, 6) is 0.931. The van der Waals surface area contributed by atoms with Crippen LogP contribution in [0.3, 0.4) is 0 Å². The van der Waals surface area contributed by atoms with Gasteiger partial charge in [-0.2, -0.15) is 0 Å². The molecule has 9 nitrogen and oxygen atoms in total. The van der Waals surface area contributed by atoms with Crippen LogP contribution in [0, 0.1) is 125 Å². The van der Waals surface area contributed by atoms with Crippen LogP contribution in [-0.4, -0.2) is 46.0 Å². The summed E-state index contributed by atoms with van der Waals surface area (Å²) in [6.07, 6.45) is 0.371. The maximum atomic E-state index is 13.0. The van der Waals surface area contributed by atoms with Crippen LogP contribution in [0.2, 0.25) is 0 Å². The molecule has 0 saturated carbocycles. The van der Waals surface area contributed by atoms with E-state index in [1.165, 1.54) is 0 Å². The van der Waals surface area contributed by atoms with Crippen LogP contribution in [0.1, 0.15) is 148 Å². The van der Waals surface area contributed by atoms with E-state index in [1.54, 1.807) is 0 Å². The number of hydrogen-bond donors (Lipinski definition) is 9. The smallest absolute Gasteiger partial charge is 0.131 e. The van der Waals surface area contributed by atoms with Crippen molar-refractivity contribution in [3.05, 3.63) is 225 Å². The second-order valence-corrected chi connectivity index (χ2v) is 27.0. The topological polar surface area (TPSA) is 182 Å². The standard InChI is InChI=1S/C83H88O9/c1-38-25-61(44(7)50(13)74(38)84)68-32-56(33-69(80(68)90)62-26-39(2)75(85)51(14)45(62)8)31-67(58-34-70(63-27-40(3)76(86)52(15)46(63)9)81(91)71(35-58)64-28-41(4)77(87)53(16)47(64)10)57-21-23-59(24-22-57)83(19,20)60-36-72(65-29-42(5)78(88)54(17)48(65)11)82(92)73(37-60)66-30-43(6)79(89)55(18)49(66)12/h21-30,32-37,67,84-92H,31H2,1-20H3. The average molecular weight is 1230 g/mol. The molecule has 9 heteroatoms. The zero-order chi connectivity index (χ0) is 67.5. The van der Waals surface area contributed by atoms with Gasteiger partial charge in [-0.05, 0) is 365 Å². The second kappa shape index (κ2) is 23.9. The predicted molar refractivity (Wildman–Crippen MR) is 376 cm³/mol. The number of aryl methyl sites for hydroxylation is 6. The molecule has 1 atom stereocenters. The third-order valence-electron chi connectivity index (χ3n) is 21.1. The minimum atomic E-state index is -0.705. The first-order valence-electron chi connectivity index (χ1n) is 31.6. The highest BCUT2D eigenvalue weighted by molar-refractivity contribution is 5.91. The number of benzene rings is 10. The summed E-state index contributed by atoms with van der Waals surface area (Å²) in [6.45, 7) is 38.6. The Labute approximate surface area is 542 Å². The van der Waals surface area contributed by atoms with Gasteiger partial charge in [0.15, 0.2) is 0 Å². The zero-order valence-corrected chi connectivity index (χ0v) is 57.0. The summed E-state index contributed by atoms with van der Waals surface area (Å²) < 4.78 is 0. The molecule has 0 aromatic heterocycles. The lowest BCUT2D eigenvalue weighted by Gasteiger charge is -2.30. The Hall–Kier alpha value is -9.60. The Morgan fingerprint density at radius 3 is 0.717 bits per heavy atom. The lowest BCUT2D eigenvalue weighted by molar-refractivity contribution is 0.465. The van der Waals surface area contributed by atoms with E-state index in [9.17, 15) is 46.0 Å². The lowest BCUT2D eigenvalue weighted by Crippen LogP contribution is -2.19. The number of phenolic OH excluding ortho intramolecular Hbond substituents is 9. The molecule has 0 aliphatic rings. The first kappa shape index (κ1) is 65.4. The molecule has 0 aliphatic heterocycles. The van der Waals surface area contributed by atoms with E-state index in [-0.39, 0.29) is 51.7 Å². The Bertz CT molecular complexity index is 4490. The van der Waals surface area contributed by atoms with Gasteiger partial charge in [0.1, 0.15) is 51.7 Å². The van der Waals surface area contributed by atoms with Crippen molar-refractivity contribution >= 4 is 0 Å². The average Bonchev–Trinajstić information content (AvgIpc) is 0.760. The van der Waals surface area contributed by atoms with E-state index >= 15 is 0 Å². The molecule has 0 aliphatic carbocycles. The van der Waals surface area contributed by atoms with Gasteiger partial charge in [0.2, 0.25) is 0 Å². The van der Waals surface area contributed by atoms with Gasteiger partial charge in [0.05, 0.1) is 0 Å². The van der Waals surface area contributed by atoms with E-state index in [0.717, 1.165) is 106 Å². The van der Waals surface area contributed by atoms with E-state index in [0.29, 0.717) is 95.4 Å². The van der Waals surface area contributed by atoms with Crippen LogP contribution in [0.25, 0.3) is 66.8 Å². The summed E-state index contributed by atoms with van der Waals surface area (Å²) in [6, 6.07) is 32.6. The Morgan fingerprint density at radius 1 is 0.239 bits per heavy atom. The molecule has 0 bridgehead atoms. The van der Waals surface area contributed by atoms with Crippen LogP contribution in [0.4, 0.5) is 0 Å². The molecule has 0 fully saturated rings. The highest BCUT2D eigenvalue weighted by Crippen LogP contribution is 2.52.